The lowest BCUT2D eigenvalue weighted by Crippen LogP contribution is -2.18. The summed E-state index contributed by atoms with van der Waals surface area (Å²) in [7, 11) is 0. The molecule has 5 heteroatoms. The van der Waals surface area contributed by atoms with Crippen LogP contribution in [0.15, 0.2) is 60.3 Å². The van der Waals surface area contributed by atoms with Crippen LogP contribution in [0.1, 0.15) is 22.8 Å². The first-order valence-corrected chi connectivity index (χ1v) is 7.56. The van der Waals surface area contributed by atoms with Crippen LogP contribution in [0, 0.1) is 18.2 Å². The summed E-state index contributed by atoms with van der Waals surface area (Å²) < 4.78 is 18.8. The molecule has 2 aromatic rings. The molecule has 0 radical (unpaired) electrons. The van der Waals surface area contributed by atoms with Crippen molar-refractivity contribution >= 4 is 17.4 Å². The van der Waals surface area contributed by atoms with Crippen LogP contribution >= 0.6 is 0 Å². The van der Waals surface area contributed by atoms with E-state index in [1.54, 1.807) is 31.2 Å². The molecule has 0 amide bonds. The first-order valence-electron chi connectivity index (χ1n) is 7.56. The van der Waals surface area contributed by atoms with Gasteiger partial charge in [0.05, 0.1) is 12.2 Å². The Hall–Kier alpha value is -3.39. The van der Waals surface area contributed by atoms with Gasteiger partial charge in [-0.05, 0) is 43.3 Å². The first kappa shape index (κ1) is 18.0. The van der Waals surface area contributed by atoms with E-state index in [1.807, 2.05) is 0 Å². The van der Waals surface area contributed by atoms with Crippen molar-refractivity contribution in [1.29, 1.82) is 0 Å². The lowest BCUT2D eigenvalue weighted by Gasteiger charge is -2.08. The van der Waals surface area contributed by atoms with E-state index in [2.05, 4.69) is 11.2 Å². The summed E-state index contributed by atoms with van der Waals surface area (Å²) in [4.78, 5) is 24.6. The number of halogens is 1. The van der Waals surface area contributed by atoms with E-state index in [0.29, 0.717) is 11.3 Å². The number of esters is 1. The number of terminal acetylenes is 1. The number of hydrogen-bond acceptors (Lipinski definition) is 4. The van der Waals surface area contributed by atoms with Gasteiger partial charge in [0.25, 0.3) is 0 Å². The summed E-state index contributed by atoms with van der Waals surface area (Å²) in [6, 6.07) is 12.3. The number of nitrogens with one attached hydrogen (secondary N) is 1. The van der Waals surface area contributed by atoms with Crippen molar-refractivity contribution in [2.75, 3.05) is 11.9 Å². The molecule has 0 atom stereocenters. The van der Waals surface area contributed by atoms with Crippen LogP contribution in [0.25, 0.3) is 0 Å². The van der Waals surface area contributed by atoms with Gasteiger partial charge in [0.1, 0.15) is 11.4 Å². The Morgan fingerprint density at radius 3 is 2.48 bits per heavy atom. The summed E-state index contributed by atoms with van der Waals surface area (Å²) in [5, 5.41) is 2.83. The van der Waals surface area contributed by atoms with Gasteiger partial charge in [0.15, 0.2) is 0 Å². The summed E-state index contributed by atoms with van der Waals surface area (Å²) in [5.74, 6) is 0.190. The van der Waals surface area contributed by atoms with Crippen molar-refractivity contribution in [2.24, 2.45) is 0 Å². The maximum atomic E-state index is 13.9. The molecule has 0 fully saturated rings. The molecule has 0 saturated heterocycles. The van der Waals surface area contributed by atoms with Gasteiger partial charge in [-0.2, -0.15) is 0 Å². The highest BCUT2D eigenvalue weighted by molar-refractivity contribution is 6.24. The minimum absolute atomic E-state index is 0.0948. The highest BCUT2D eigenvalue weighted by atomic mass is 19.1. The molecule has 25 heavy (non-hydrogen) atoms. The Morgan fingerprint density at radius 2 is 1.88 bits per heavy atom. The largest absolute Gasteiger partial charge is 0.462 e. The number of hydrogen-bond donors (Lipinski definition) is 1. The van der Waals surface area contributed by atoms with Crippen LogP contribution < -0.4 is 5.32 Å². The van der Waals surface area contributed by atoms with Crippen molar-refractivity contribution < 1.29 is 18.7 Å². The third kappa shape index (κ3) is 4.55. The molecule has 2 aromatic carbocycles. The molecular formula is C20H16FNO3. The van der Waals surface area contributed by atoms with Crippen LogP contribution in [0.4, 0.5) is 10.1 Å². The predicted octanol–water partition coefficient (Wildman–Crippen LogP) is 3.55. The van der Waals surface area contributed by atoms with Gasteiger partial charge in [-0.15, -0.1) is 6.42 Å². The van der Waals surface area contributed by atoms with Gasteiger partial charge >= 0.3 is 5.97 Å². The second kappa shape index (κ2) is 8.46. The van der Waals surface area contributed by atoms with Crippen molar-refractivity contribution in [2.45, 2.75) is 6.92 Å². The number of ether oxygens (including phenoxy) is 1. The first-order chi connectivity index (χ1) is 12.1. The number of Topliss-reactive ketones (excluding diaryl/α,β-unsaturated/α-hetero) is 1. The Kier molecular flexibility index (Phi) is 6.08. The highest BCUT2D eigenvalue weighted by Crippen LogP contribution is 2.15. The third-order valence-electron chi connectivity index (χ3n) is 3.29. The highest BCUT2D eigenvalue weighted by Gasteiger charge is 2.23. The van der Waals surface area contributed by atoms with E-state index in [-0.39, 0.29) is 17.7 Å². The zero-order valence-electron chi connectivity index (χ0n) is 13.6. The van der Waals surface area contributed by atoms with Crippen LogP contribution in [-0.4, -0.2) is 18.4 Å². The molecule has 0 aliphatic carbocycles. The third-order valence-corrected chi connectivity index (χ3v) is 3.29. The fraction of sp³-hybridized carbons (Fsp3) is 0.100. The predicted molar refractivity (Wildman–Crippen MR) is 93.4 cm³/mol. The van der Waals surface area contributed by atoms with Crippen molar-refractivity contribution in [3.8, 4) is 12.3 Å². The summed E-state index contributed by atoms with van der Waals surface area (Å²) >= 11 is 0. The zero-order chi connectivity index (χ0) is 18.2. The number of carbonyl (C=O) groups is 2. The second-order valence-corrected chi connectivity index (χ2v) is 4.95. The SMILES string of the molecule is C#Cc1ccc(N/C=C(/C(=O)OCC)C(=O)c2ccccc2F)cc1. The van der Waals surface area contributed by atoms with Gasteiger partial charge in [0, 0.05) is 17.5 Å². The lowest BCUT2D eigenvalue weighted by molar-refractivity contribution is -0.138. The summed E-state index contributed by atoms with van der Waals surface area (Å²) in [6.07, 6.45) is 6.50. The van der Waals surface area contributed by atoms with Gasteiger partial charge in [0.2, 0.25) is 5.78 Å². The Bertz CT molecular complexity index is 848. The van der Waals surface area contributed by atoms with Gasteiger partial charge in [-0.1, -0.05) is 18.1 Å². The minimum Gasteiger partial charge on any atom is -0.462 e. The normalized spacial score (nSPS) is 10.7. The maximum Gasteiger partial charge on any atom is 0.343 e. The minimum atomic E-state index is -0.830. The molecular weight excluding hydrogens is 321 g/mol. The maximum absolute atomic E-state index is 13.9. The van der Waals surface area contributed by atoms with Crippen molar-refractivity contribution in [1.82, 2.24) is 0 Å². The molecule has 4 nitrogen and oxygen atoms in total. The Morgan fingerprint density at radius 1 is 1.20 bits per heavy atom. The van der Waals surface area contributed by atoms with Crippen LogP contribution in [0.2, 0.25) is 0 Å². The molecule has 2 rings (SSSR count). The average Bonchev–Trinajstić information content (AvgIpc) is 2.63. The molecule has 1 N–H and O–H groups in total. The standard InChI is InChI=1S/C20H16FNO3/c1-3-14-9-11-15(12-10-14)22-13-17(20(24)25-4-2)19(23)16-7-5-6-8-18(16)21/h1,5-13,22H,4H2,2H3/b17-13+. The molecule has 0 heterocycles. The van der Waals surface area contributed by atoms with Gasteiger partial charge < -0.3 is 10.1 Å². The fourth-order valence-electron chi connectivity index (χ4n) is 2.03. The Balaban J connectivity index is 2.31. The quantitative estimate of drug-likeness (QED) is 0.219. The van der Waals surface area contributed by atoms with Crippen molar-refractivity contribution in [3.05, 3.63) is 77.2 Å². The zero-order valence-corrected chi connectivity index (χ0v) is 13.6. The van der Waals surface area contributed by atoms with E-state index in [1.165, 1.54) is 24.4 Å². The molecule has 0 saturated carbocycles. The number of rotatable bonds is 6. The average molecular weight is 337 g/mol. The second-order valence-electron chi connectivity index (χ2n) is 4.95. The van der Waals surface area contributed by atoms with Crippen LogP contribution in [-0.2, 0) is 9.53 Å². The molecule has 0 aliphatic heterocycles. The van der Waals surface area contributed by atoms with E-state index in [9.17, 15) is 14.0 Å². The lowest BCUT2D eigenvalue weighted by atomic mass is 10.0. The van der Waals surface area contributed by atoms with Crippen molar-refractivity contribution in [3.63, 3.8) is 0 Å². The van der Waals surface area contributed by atoms with E-state index in [0.717, 1.165) is 6.07 Å². The van der Waals surface area contributed by atoms with Gasteiger partial charge in [-0.3, -0.25) is 4.79 Å². The number of carbonyl (C=O) groups excluding carboxylic acids is 2. The van der Waals surface area contributed by atoms with E-state index in [4.69, 9.17) is 11.2 Å². The number of anilines is 1. The number of ketones is 1. The monoisotopic (exact) mass is 337 g/mol. The van der Waals surface area contributed by atoms with Gasteiger partial charge in [-0.25, -0.2) is 9.18 Å². The molecule has 0 bridgehead atoms. The van der Waals surface area contributed by atoms with Crippen LogP contribution in [0.3, 0.4) is 0 Å². The molecule has 0 aliphatic rings. The summed E-state index contributed by atoms with van der Waals surface area (Å²) in [5.41, 5.74) is 0.809. The summed E-state index contributed by atoms with van der Waals surface area (Å²) in [6.45, 7) is 1.71. The Labute approximate surface area is 145 Å². The molecule has 126 valence electrons. The smallest absolute Gasteiger partial charge is 0.343 e. The van der Waals surface area contributed by atoms with Crippen LogP contribution in [0.5, 0.6) is 0 Å². The fourth-order valence-corrected chi connectivity index (χ4v) is 2.03. The van der Waals surface area contributed by atoms with E-state index < -0.39 is 17.6 Å². The number of benzene rings is 2. The molecule has 0 spiro atoms. The topological polar surface area (TPSA) is 55.4 Å². The molecule has 0 aromatic heterocycles. The molecule has 0 unspecified atom stereocenters. The van der Waals surface area contributed by atoms with E-state index >= 15 is 0 Å².